The number of nitrogens with zero attached hydrogens (tertiary/aromatic N) is 2. The minimum Gasteiger partial charge on any atom is -0.363 e. The van der Waals surface area contributed by atoms with Crippen molar-refractivity contribution in [3.8, 4) is 0 Å². The number of hydrogen-bond donors (Lipinski definition) is 2. The second-order valence-electron chi connectivity index (χ2n) is 7.65. The minimum atomic E-state index is -4.50. The van der Waals surface area contributed by atoms with Crippen molar-refractivity contribution in [3.63, 3.8) is 0 Å². The van der Waals surface area contributed by atoms with Crippen LogP contribution >= 0.6 is 15.9 Å². The van der Waals surface area contributed by atoms with Crippen LogP contribution in [0.5, 0.6) is 0 Å². The van der Waals surface area contributed by atoms with E-state index >= 15 is 0 Å². The Kier molecular flexibility index (Phi) is 5.55. The molecular formula is C22H20BrF3N4O. The maximum Gasteiger partial charge on any atom is 0.410 e. The molecule has 1 amide bonds. The van der Waals surface area contributed by atoms with E-state index in [4.69, 9.17) is 0 Å². The normalized spacial score (nSPS) is 18.3. The molecule has 5 nitrogen and oxygen atoms in total. The highest BCUT2D eigenvalue weighted by atomic mass is 79.9. The van der Waals surface area contributed by atoms with Gasteiger partial charge in [-0.3, -0.25) is 4.79 Å². The van der Waals surface area contributed by atoms with Gasteiger partial charge >= 0.3 is 6.18 Å². The van der Waals surface area contributed by atoms with Gasteiger partial charge in [-0.1, -0.05) is 34.1 Å². The number of anilines is 2. The van der Waals surface area contributed by atoms with Gasteiger partial charge in [0.05, 0.1) is 6.04 Å². The molecule has 1 aliphatic heterocycles. The lowest BCUT2D eigenvalue weighted by atomic mass is 9.97. The Labute approximate surface area is 185 Å². The summed E-state index contributed by atoms with van der Waals surface area (Å²) in [5, 5.41) is 9.80. The molecule has 31 heavy (non-hydrogen) atoms. The number of aryl methyl sites for hydroxylation is 2. The summed E-state index contributed by atoms with van der Waals surface area (Å²) in [5.74, 6) is -0.403. The molecule has 2 aromatic carbocycles. The van der Waals surface area contributed by atoms with Crippen LogP contribution < -0.4 is 10.6 Å². The molecule has 0 bridgehead atoms. The van der Waals surface area contributed by atoms with Crippen molar-refractivity contribution in [1.29, 1.82) is 0 Å². The van der Waals surface area contributed by atoms with Crippen LogP contribution in [0, 0.1) is 13.8 Å². The fourth-order valence-corrected chi connectivity index (χ4v) is 3.88. The second kappa shape index (κ2) is 8.03. The van der Waals surface area contributed by atoms with Crippen molar-refractivity contribution in [1.82, 2.24) is 9.78 Å². The number of alkyl halides is 3. The van der Waals surface area contributed by atoms with Crippen molar-refractivity contribution < 1.29 is 18.0 Å². The third kappa shape index (κ3) is 4.46. The molecule has 9 heteroatoms. The predicted octanol–water partition coefficient (Wildman–Crippen LogP) is 6.18. The quantitative estimate of drug-likeness (QED) is 0.459. The number of carbonyl (C=O) groups is 1. The molecule has 2 atom stereocenters. The molecule has 4 rings (SSSR count). The summed E-state index contributed by atoms with van der Waals surface area (Å²) < 4.78 is 43.2. The van der Waals surface area contributed by atoms with Gasteiger partial charge in [-0.2, -0.15) is 18.3 Å². The molecule has 0 aliphatic carbocycles. The summed E-state index contributed by atoms with van der Waals surface area (Å²) in [5.41, 5.74) is 3.29. The van der Waals surface area contributed by atoms with Crippen molar-refractivity contribution in [2.75, 3.05) is 10.6 Å². The van der Waals surface area contributed by atoms with Gasteiger partial charge in [-0.15, -0.1) is 0 Å². The molecule has 2 N–H and O–H groups in total. The Bertz CT molecular complexity index is 1120. The number of amides is 1. The molecule has 162 valence electrons. The van der Waals surface area contributed by atoms with Crippen molar-refractivity contribution in [3.05, 3.63) is 75.4 Å². The van der Waals surface area contributed by atoms with Crippen molar-refractivity contribution in [2.24, 2.45) is 0 Å². The van der Waals surface area contributed by atoms with Crippen molar-refractivity contribution in [2.45, 2.75) is 38.5 Å². The third-order valence-corrected chi connectivity index (χ3v) is 5.99. The van der Waals surface area contributed by atoms with E-state index in [0.717, 1.165) is 25.8 Å². The van der Waals surface area contributed by atoms with Crippen LogP contribution in [0.3, 0.4) is 0 Å². The predicted molar refractivity (Wildman–Crippen MR) is 116 cm³/mol. The number of rotatable bonds is 3. The lowest BCUT2D eigenvalue weighted by Gasteiger charge is -2.33. The molecule has 0 saturated heterocycles. The van der Waals surface area contributed by atoms with E-state index in [1.807, 2.05) is 26.0 Å². The van der Waals surface area contributed by atoms with E-state index < -0.39 is 24.2 Å². The number of hydrogen-bond acceptors (Lipinski definition) is 3. The Morgan fingerprint density at radius 3 is 2.48 bits per heavy atom. The molecule has 0 spiro atoms. The Morgan fingerprint density at radius 2 is 1.84 bits per heavy atom. The summed E-state index contributed by atoms with van der Waals surface area (Å²) in [7, 11) is 0. The number of halogens is 4. The van der Waals surface area contributed by atoms with Gasteiger partial charge in [0.2, 0.25) is 0 Å². The zero-order valence-electron chi connectivity index (χ0n) is 16.8. The maximum atomic E-state index is 13.8. The highest BCUT2D eigenvalue weighted by Gasteiger charge is 2.46. The molecule has 0 radical (unpaired) electrons. The van der Waals surface area contributed by atoms with Crippen LogP contribution in [0.4, 0.5) is 24.7 Å². The van der Waals surface area contributed by atoms with Crippen LogP contribution in [0.15, 0.2) is 53.0 Å². The molecule has 0 fully saturated rings. The van der Waals surface area contributed by atoms with Gasteiger partial charge in [0.25, 0.3) is 5.91 Å². The van der Waals surface area contributed by atoms with Gasteiger partial charge in [-0.25, -0.2) is 4.68 Å². The Balaban J connectivity index is 1.63. The standard InChI is InChI=1S/C22H20BrF3N4O/c1-12-3-8-16(9-13(12)2)27-21(31)18-11-20-28-17(14-4-6-15(23)7-5-14)10-19(22(24,25)26)30(20)29-18/h3-9,11,17,19,28H,10H2,1-2H3,(H,27,31)/t17-,19-/m1/s1. The molecular weight excluding hydrogens is 473 g/mol. The van der Waals surface area contributed by atoms with Crippen LogP contribution in [-0.2, 0) is 0 Å². The van der Waals surface area contributed by atoms with Gasteiger partial charge in [0.1, 0.15) is 5.82 Å². The van der Waals surface area contributed by atoms with E-state index in [0.29, 0.717) is 5.69 Å². The zero-order valence-corrected chi connectivity index (χ0v) is 18.4. The number of carbonyl (C=O) groups excluding carboxylic acids is 1. The zero-order chi connectivity index (χ0) is 22.3. The first kappa shape index (κ1) is 21.4. The highest BCUT2D eigenvalue weighted by Crippen LogP contribution is 2.43. The number of nitrogens with one attached hydrogen (secondary N) is 2. The summed E-state index contributed by atoms with van der Waals surface area (Å²) in [6.45, 7) is 3.87. The monoisotopic (exact) mass is 492 g/mol. The average Bonchev–Trinajstić information content (AvgIpc) is 3.14. The summed E-state index contributed by atoms with van der Waals surface area (Å²) >= 11 is 3.33. The Hall–Kier alpha value is -2.81. The average molecular weight is 493 g/mol. The molecule has 1 aliphatic rings. The first-order valence-corrected chi connectivity index (χ1v) is 10.5. The van der Waals surface area contributed by atoms with E-state index in [9.17, 15) is 18.0 Å². The fraction of sp³-hybridized carbons (Fsp3) is 0.273. The van der Waals surface area contributed by atoms with Crippen LogP contribution in [0.1, 0.15) is 45.7 Å². The topological polar surface area (TPSA) is 59.0 Å². The first-order valence-electron chi connectivity index (χ1n) is 9.68. The molecule has 0 saturated carbocycles. The third-order valence-electron chi connectivity index (χ3n) is 5.46. The molecule has 0 unspecified atom stereocenters. The van der Waals surface area contributed by atoms with E-state index in [-0.39, 0.29) is 17.9 Å². The van der Waals surface area contributed by atoms with Crippen LogP contribution in [-0.4, -0.2) is 21.9 Å². The van der Waals surface area contributed by atoms with Crippen molar-refractivity contribution >= 4 is 33.3 Å². The highest BCUT2D eigenvalue weighted by molar-refractivity contribution is 9.10. The second-order valence-corrected chi connectivity index (χ2v) is 8.57. The lowest BCUT2D eigenvalue weighted by molar-refractivity contribution is -0.173. The molecule has 3 aromatic rings. The maximum absolute atomic E-state index is 13.8. The first-order chi connectivity index (χ1) is 14.6. The number of fused-ring (bicyclic) bond motifs is 1. The smallest absolute Gasteiger partial charge is 0.363 e. The molecule has 1 aromatic heterocycles. The lowest BCUT2D eigenvalue weighted by Crippen LogP contribution is -2.35. The largest absolute Gasteiger partial charge is 0.410 e. The van der Waals surface area contributed by atoms with Gasteiger partial charge in [0.15, 0.2) is 11.7 Å². The number of benzene rings is 2. The molecule has 2 heterocycles. The summed E-state index contributed by atoms with van der Waals surface area (Å²) in [6.07, 6.45) is -4.73. The van der Waals surface area contributed by atoms with E-state index in [2.05, 4.69) is 31.7 Å². The fourth-order valence-electron chi connectivity index (χ4n) is 3.61. The SMILES string of the molecule is Cc1ccc(NC(=O)c2cc3n(n2)[C@@H](C(F)(F)F)C[C@H](c2ccc(Br)cc2)N3)cc1C. The van der Waals surface area contributed by atoms with E-state index in [1.54, 1.807) is 30.3 Å². The number of aromatic nitrogens is 2. The van der Waals surface area contributed by atoms with E-state index in [1.165, 1.54) is 6.07 Å². The van der Waals surface area contributed by atoms with Gasteiger partial charge in [-0.05, 0) is 54.8 Å². The van der Waals surface area contributed by atoms with Crippen LogP contribution in [0.2, 0.25) is 0 Å². The summed E-state index contributed by atoms with van der Waals surface area (Å²) in [6, 6.07) is 11.5. The summed E-state index contributed by atoms with van der Waals surface area (Å²) in [4.78, 5) is 12.7. The van der Waals surface area contributed by atoms with Gasteiger partial charge in [0, 0.05) is 22.6 Å². The van der Waals surface area contributed by atoms with Crippen LogP contribution in [0.25, 0.3) is 0 Å². The Morgan fingerprint density at radius 1 is 1.13 bits per heavy atom. The van der Waals surface area contributed by atoms with Gasteiger partial charge < -0.3 is 10.6 Å². The minimum absolute atomic E-state index is 0.0774.